The van der Waals surface area contributed by atoms with Crippen LogP contribution in [0.4, 0.5) is 4.79 Å². The molecule has 0 aromatic carbocycles. The zero-order chi connectivity index (χ0) is 17.9. The average molecular weight is 346 g/mol. The lowest BCUT2D eigenvalue weighted by Gasteiger charge is -2.41. The number of carbonyl (C=O) groups excluding carboxylic acids is 1. The van der Waals surface area contributed by atoms with Gasteiger partial charge in [0.1, 0.15) is 5.60 Å². The first-order valence-corrected chi connectivity index (χ1v) is 11.5. The number of nitrogens with one attached hydrogen (secondary N) is 1. The second-order valence-corrected chi connectivity index (χ2v) is 13.7. The fraction of sp³-hybridized carbons (Fsp3) is 0.941. The molecule has 136 valence electrons. The van der Waals surface area contributed by atoms with Gasteiger partial charge in [-0.1, -0.05) is 20.8 Å². The van der Waals surface area contributed by atoms with E-state index in [9.17, 15) is 4.79 Å². The highest BCUT2D eigenvalue weighted by Gasteiger charge is 2.40. The summed E-state index contributed by atoms with van der Waals surface area (Å²) in [5.74, 6) is 0. The van der Waals surface area contributed by atoms with Crippen LogP contribution in [0.3, 0.4) is 0 Å². The zero-order valence-corrected chi connectivity index (χ0v) is 17.1. The fourth-order valence-electron chi connectivity index (χ4n) is 2.14. The van der Waals surface area contributed by atoms with E-state index in [4.69, 9.17) is 13.9 Å². The lowest BCUT2D eigenvalue weighted by molar-refractivity contribution is -0.0494. The van der Waals surface area contributed by atoms with E-state index in [1.165, 1.54) is 0 Å². The van der Waals surface area contributed by atoms with Crippen LogP contribution in [0, 0.1) is 0 Å². The van der Waals surface area contributed by atoms with Crippen LogP contribution in [0.1, 0.15) is 54.4 Å². The third-order valence-electron chi connectivity index (χ3n) is 4.47. The topological polar surface area (TPSA) is 56.8 Å². The summed E-state index contributed by atoms with van der Waals surface area (Å²) >= 11 is 0. The monoisotopic (exact) mass is 345 g/mol. The van der Waals surface area contributed by atoms with E-state index in [0.29, 0.717) is 13.2 Å². The second-order valence-electron chi connectivity index (χ2n) is 8.92. The number of hydrogen-bond acceptors (Lipinski definition) is 4. The molecular weight excluding hydrogens is 310 g/mol. The van der Waals surface area contributed by atoms with Gasteiger partial charge in [-0.2, -0.15) is 0 Å². The lowest BCUT2D eigenvalue weighted by atomic mass is 10.1. The molecule has 6 heteroatoms. The first-order valence-electron chi connectivity index (χ1n) is 8.56. The minimum absolute atomic E-state index is 0.0433. The summed E-state index contributed by atoms with van der Waals surface area (Å²) in [6.07, 6.45) is 1.71. The van der Waals surface area contributed by atoms with Crippen molar-refractivity contribution in [3.63, 3.8) is 0 Å². The Hall–Kier alpha value is -0.593. The standard InChI is InChI=1S/C17H35NO4Si/c1-16(2,3)21-15(19)18-11-13-9-10-14(12-20-13)22-23(7,8)17(4,5)6/h13-14H,9-12H2,1-8H3,(H,18,19)/t13-,14-/m1/s1. The maximum absolute atomic E-state index is 11.7. The molecule has 2 atom stereocenters. The second kappa shape index (κ2) is 7.53. The molecule has 0 bridgehead atoms. The zero-order valence-electron chi connectivity index (χ0n) is 16.1. The molecule has 0 unspecified atom stereocenters. The van der Waals surface area contributed by atoms with E-state index in [1.54, 1.807) is 0 Å². The summed E-state index contributed by atoms with van der Waals surface area (Å²) < 4.78 is 17.5. The van der Waals surface area contributed by atoms with Crippen molar-refractivity contribution in [3.05, 3.63) is 0 Å². The number of amides is 1. The molecule has 0 saturated carbocycles. The molecule has 0 radical (unpaired) electrons. The van der Waals surface area contributed by atoms with E-state index in [0.717, 1.165) is 12.8 Å². The average Bonchev–Trinajstić information content (AvgIpc) is 2.34. The van der Waals surface area contributed by atoms with E-state index >= 15 is 0 Å². The predicted molar refractivity (Wildman–Crippen MR) is 95.3 cm³/mol. The Bertz CT molecular complexity index is 390. The maximum atomic E-state index is 11.7. The molecule has 1 aliphatic heterocycles. The summed E-state index contributed by atoms with van der Waals surface area (Å²) in [6, 6.07) is 0. The Kier molecular flexibility index (Phi) is 6.70. The van der Waals surface area contributed by atoms with E-state index in [1.807, 2.05) is 20.8 Å². The van der Waals surface area contributed by atoms with Crippen molar-refractivity contribution in [2.75, 3.05) is 13.2 Å². The third kappa shape index (κ3) is 7.22. The van der Waals surface area contributed by atoms with Crippen molar-refractivity contribution in [3.8, 4) is 0 Å². The van der Waals surface area contributed by atoms with E-state index < -0.39 is 13.9 Å². The number of rotatable bonds is 4. The highest BCUT2D eigenvalue weighted by molar-refractivity contribution is 6.74. The van der Waals surface area contributed by atoms with Gasteiger partial charge in [-0.05, 0) is 51.7 Å². The third-order valence-corrected chi connectivity index (χ3v) is 9.00. The van der Waals surface area contributed by atoms with Crippen molar-refractivity contribution in [1.82, 2.24) is 5.32 Å². The predicted octanol–water partition coefficient (Wildman–Crippen LogP) is 4.08. The van der Waals surface area contributed by atoms with Gasteiger partial charge < -0.3 is 19.2 Å². The SMILES string of the molecule is CC(C)(C)OC(=O)NC[C@H]1CC[C@@H](O[Si](C)(C)C(C)(C)C)CO1. The first-order chi connectivity index (χ1) is 10.3. The van der Waals surface area contributed by atoms with Gasteiger partial charge in [-0.15, -0.1) is 0 Å². The van der Waals surface area contributed by atoms with Crippen molar-refractivity contribution >= 4 is 14.4 Å². The summed E-state index contributed by atoms with van der Waals surface area (Å²) in [4.78, 5) is 11.7. The minimum atomic E-state index is -1.75. The summed E-state index contributed by atoms with van der Waals surface area (Å²) in [7, 11) is -1.75. The summed E-state index contributed by atoms with van der Waals surface area (Å²) in [5.41, 5.74) is -0.473. The smallest absolute Gasteiger partial charge is 0.407 e. The molecule has 0 aromatic rings. The Morgan fingerprint density at radius 1 is 1.17 bits per heavy atom. The Morgan fingerprint density at radius 2 is 1.78 bits per heavy atom. The van der Waals surface area contributed by atoms with Gasteiger partial charge in [0.25, 0.3) is 0 Å². The largest absolute Gasteiger partial charge is 0.444 e. The van der Waals surface area contributed by atoms with Gasteiger partial charge in [0.05, 0.1) is 18.8 Å². The normalized spacial score (nSPS) is 23.5. The molecule has 1 amide bonds. The van der Waals surface area contributed by atoms with Crippen molar-refractivity contribution in [2.24, 2.45) is 0 Å². The molecule has 1 N–H and O–H groups in total. The van der Waals surface area contributed by atoms with Gasteiger partial charge in [-0.25, -0.2) is 4.79 Å². The fourth-order valence-corrected chi connectivity index (χ4v) is 3.51. The molecule has 23 heavy (non-hydrogen) atoms. The highest BCUT2D eigenvalue weighted by atomic mass is 28.4. The lowest BCUT2D eigenvalue weighted by Crippen LogP contribution is -2.48. The molecule has 1 heterocycles. The van der Waals surface area contributed by atoms with Crippen LogP contribution in [0.5, 0.6) is 0 Å². The van der Waals surface area contributed by atoms with Gasteiger partial charge in [0, 0.05) is 6.54 Å². The molecule has 1 saturated heterocycles. The highest BCUT2D eigenvalue weighted by Crippen LogP contribution is 2.38. The first kappa shape index (κ1) is 20.5. The maximum Gasteiger partial charge on any atom is 0.407 e. The van der Waals surface area contributed by atoms with Gasteiger partial charge in [0.15, 0.2) is 8.32 Å². The van der Waals surface area contributed by atoms with Crippen LogP contribution in [-0.2, 0) is 13.9 Å². The molecule has 0 spiro atoms. The Morgan fingerprint density at radius 3 is 2.22 bits per heavy atom. The minimum Gasteiger partial charge on any atom is -0.444 e. The quantitative estimate of drug-likeness (QED) is 0.780. The number of ether oxygens (including phenoxy) is 2. The van der Waals surface area contributed by atoms with Crippen LogP contribution < -0.4 is 5.32 Å². The van der Waals surface area contributed by atoms with Crippen molar-refractivity contribution < 1.29 is 18.7 Å². The number of hydrogen-bond donors (Lipinski definition) is 1. The van der Waals surface area contributed by atoms with Gasteiger partial charge in [-0.3, -0.25) is 0 Å². The number of alkyl carbamates (subject to hydrolysis) is 1. The molecule has 1 aliphatic rings. The van der Waals surface area contributed by atoms with Crippen LogP contribution in [0.25, 0.3) is 0 Å². The summed E-state index contributed by atoms with van der Waals surface area (Å²) in [6.45, 7) is 17.9. The molecule has 1 fully saturated rings. The number of carbonyl (C=O) groups is 1. The van der Waals surface area contributed by atoms with Crippen molar-refractivity contribution in [1.29, 1.82) is 0 Å². The van der Waals surface area contributed by atoms with Crippen LogP contribution in [-0.4, -0.2) is 45.4 Å². The molecule has 0 aromatic heterocycles. The molecular formula is C17H35NO4Si. The van der Waals surface area contributed by atoms with Crippen LogP contribution in [0.2, 0.25) is 18.1 Å². The Labute approximate surface area is 142 Å². The van der Waals surface area contributed by atoms with Crippen LogP contribution in [0.15, 0.2) is 0 Å². The van der Waals surface area contributed by atoms with Crippen molar-refractivity contribution in [2.45, 2.75) is 90.3 Å². The van der Waals surface area contributed by atoms with Gasteiger partial charge >= 0.3 is 6.09 Å². The Balaban J connectivity index is 2.32. The van der Waals surface area contributed by atoms with Gasteiger partial charge in [0.2, 0.25) is 0 Å². The molecule has 0 aliphatic carbocycles. The molecule has 1 rings (SSSR count). The van der Waals surface area contributed by atoms with Crippen LogP contribution >= 0.6 is 0 Å². The van der Waals surface area contributed by atoms with E-state index in [2.05, 4.69) is 39.2 Å². The molecule has 5 nitrogen and oxygen atoms in total. The summed E-state index contributed by atoms with van der Waals surface area (Å²) in [5, 5.41) is 2.99. The van der Waals surface area contributed by atoms with E-state index in [-0.39, 0.29) is 23.3 Å².